The third-order valence-corrected chi connectivity index (χ3v) is 6.66. The largest absolute Gasteiger partial charge is 0.340 e. The topological polar surface area (TPSA) is 24.3 Å². The van der Waals surface area contributed by atoms with Crippen LogP contribution in [0.15, 0.2) is 54.6 Å². The van der Waals surface area contributed by atoms with E-state index >= 15 is 0 Å². The second-order valence-corrected chi connectivity index (χ2v) is 8.32. The van der Waals surface area contributed by atoms with Crippen LogP contribution < -0.4 is 4.90 Å². The number of imidazole rings is 1. The molecule has 4 nitrogen and oxygen atoms in total. The van der Waals surface area contributed by atoms with E-state index in [1.165, 1.54) is 21.2 Å². The van der Waals surface area contributed by atoms with Gasteiger partial charge in [-0.2, -0.15) is 0 Å². The number of rotatable bonds is 4. The number of aromatic nitrogens is 2. The quantitative estimate of drug-likeness (QED) is 0.535. The zero-order valence-corrected chi connectivity index (χ0v) is 16.5. The Morgan fingerprint density at radius 3 is 2.48 bits per heavy atom. The summed E-state index contributed by atoms with van der Waals surface area (Å²) < 4.78 is 3.61. The van der Waals surface area contributed by atoms with Gasteiger partial charge in [-0.15, -0.1) is 11.3 Å². The van der Waals surface area contributed by atoms with Crippen LogP contribution in [0.3, 0.4) is 0 Å². The number of hydrogen-bond donors (Lipinski definition) is 0. The Labute approximate surface area is 163 Å². The van der Waals surface area contributed by atoms with Gasteiger partial charge in [0.25, 0.3) is 0 Å². The SMILES string of the molecule is Cn1c(N2CCN(CCc3ccccc3)CC2)nc2sc3ccccc3c21. The number of piperazine rings is 1. The molecule has 2 aromatic carbocycles. The van der Waals surface area contributed by atoms with Crippen LogP contribution in [0, 0.1) is 0 Å². The summed E-state index contributed by atoms with van der Waals surface area (Å²) in [5.74, 6) is 1.12. The average Bonchev–Trinajstić information content (AvgIpc) is 3.24. The van der Waals surface area contributed by atoms with Gasteiger partial charge < -0.3 is 9.47 Å². The summed E-state index contributed by atoms with van der Waals surface area (Å²) in [5, 5.41) is 1.32. The molecule has 0 bridgehead atoms. The minimum Gasteiger partial charge on any atom is -0.340 e. The Bertz CT molecular complexity index is 1060. The van der Waals surface area contributed by atoms with Crippen molar-refractivity contribution in [2.75, 3.05) is 37.6 Å². The molecular formula is C22H24N4S. The summed E-state index contributed by atoms with van der Waals surface area (Å²) in [6, 6.07) is 19.4. The number of nitrogens with zero attached hydrogens (tertiary/aromatic N) is 4. The van der Waals surface area contributed by atoms with Gasteiger partial charge >= 0.3 is 0 Å². The van der Waals surface area contributed by atoms with Crippen molar-refractivity contribution in [3.8, 4) is 0 Å². The maximum Gasteiger partial charge on any atom is 0.207 e. The first kappa shape index (κ1) is 16.8. The van der Waals surface area contributed by atoms with Crippen molar-refractivity contribution in [2.24, 2.45) is 7.05 Å². The van der Waals surface area contributed by atoms with Crippen LogP contribution in [-0.4, -0.2) is 47.2 Å². The number of anilines is 1. The lowest BCUT2D eigenvalue weighted by atomic mass is 10.1. The molecule has 1 fully saturated rings. The number of aryl methyl sites for hydroxylation is 1. The second kappa shape index (κ2) is 6.98. The van der Waals surface area contributed by atoms with Crippen LogP contribution in [0.25, 0.3) is 20.4 Å². The zero-order chi connectivity index (χ0) is 18.2. The van der Waals surface area contributed by atoms with Gasteiger partial charge in [-0.1, -0.05) is 48.5 Å². The van der Waals surface area contributed by atoms with Crippen molar-refractivity contribution < 1.29 is 0 Å². The molecule has 3 heterocycles. The number of thiophene rings is 1. The lowest BCUT2D eigenvalue weighted by Gasteiger charge is -2.35. The van der Waals surface area contributed by atoms with E-state index in [9.17, 15) is 0 Å². The summed E-state index contributed by atoms with van der Waals surface area (Å²) in [7, 11) is 2.16. The highest BCUT2D eigenvalue weighted by atomic mass is 32.1. The molecule has 0 saturated carbocycles. The number of hydrogen-bond acceptors (Lipinski definition) is 4. The van der Waals surface area contributed by atoms with Crippen molar-refractivity contribution in [3.05, 3.63) is 60.2 Å². The molecule has 1 saturated heterocycles. The molecule has 4 aromatic rings. The van der Waals surface area contributed by atoms with E-state index in [-0.39, 0.29) is 0 Å². The highest BCUT2D eigenvalue weighted by Gasteiger charge is 2.22. The molecule has 0 amide bonds. The van der Waals surface area contributed by atoms with Crippen molar-refractivity contribution in [2.45, 2.75) is 6.42 Å². The van der Waals surface area contributed by atoms with Gasteiger partial charge in [-0.3, -0.25) is 4.90 Å². The molecule has 138 valence electrons. The molecule has 0 atom stereocenters. The van der Waals surface area contributed by atoms with E-state index in [0.29, 0.717) is 0 Å². The molecule has 2 aromatic heterocycles. The van der Waals surface area contributed by atoms with Gasteiger partial charge in [0.1, 0.15) is 4.83 Å². The molecule has 0 unspecified atom stereocenters. The van der Waals surface area contributed by atoms with Crippen LogP contribution in [0.1, 0.15) is 5.56 Å². The molecule has 0 radical (unpaired) electrons. The van der Waals surface area contributed by atoms with E-state index in [2.05, 4.69) is 76.0 Å². The van der Waals surface area contributed by atoms with Gasteiger partial charge in [0.15, 0.2) is 0 Å². The lowest BCUT2D eigenvalue weighted by Crippen LogP contribution is -2.47. The van der Waals surface area contributed by atoms with E-state index in [4.69, 9.17) is 4.98 Å². The van der Waals surface area contributed by atoms with Crippen LogP contribution in [0.4, 0.5) is 5.95 Å². The Balaban J connectivity index is 1.29. The van der Waals surface area contributed by atoms with Gasteiger partial charge in [-0.05, 0) is 18.1 Å². The van der Waals surface area contributed by atoms with E-state index in [1.54, 1.807) is 11.3 Å². The van der Waals surface area contributed by atoms with E-state index < -0.39 is 0 Å². The number of benzene rings is 2. The summed E-state index contributed by atoms with van der Waals surface area (Å²) in [6.07, 6.45) is 1.13. The lowest BCUT2D eigenvalue weighted by molar-refractivity contribution is 0.259. The van der Waals surface area contributed by atoms with Crippen LogP contribution >= 0.6 is 11.3 Å². The predicted octanol–water partition coefficient (Wildman–Crippen LogP) is 4.15. The van der Waals surface area contributed by atoms with Crippen LogP contribution in [-0.2, 0) is 13.5 Å². The average molecular weight is 377 g/mol. The van der Waals surface area contributed by atoms with Gasteiger partial charge in [0, 0.05) is 49.9 Å². The molecule has 0 N–H and O–H groups in total. The van der Waals surface area contributed by atoms with Crippen molar-refractivity contribution in [3.63, 3.8) is 0 Å². The van der Waals surface area contributed by atoms with E-state index in [0.717, 1.165) is 49.9 Å². The van der Waals surface area contributed by atoms with Crippen molar-refractivity contribution in [1.82, 2.24) is 14.5 Å². The van der Waals surface area contributed by atoms with Crippen molar-refractivity contribution >= 4 is 37.7 Å². The molecule has 27 heavy (non-hydrogen) atoms. The highest BCUT2D eigenvalue weighted by molar-refractivity contribution is 7.25. The molecule has 5 rings (SSSR count). The Hall–Kier alpha value is -2.37. The Morgan fingerprint density at radius 2 is 1.67 bits per heavy atom. The monoisotopic (exact) mass is 376 g/mol. The first-order valence-corrected chi connectivity index (χ1v) is 10.5. The Kier molecular flexibility index (Phi) is 4.34. The smallest absolute Gasteiger partial charge is 0.207 e. The van der Waals surface area contributed by atoms with Gasteiger partial charge in [-0.25, -0.2) is 4.98 Å². The maximum atomic E-state index is 4.98. The minimum atomic E-state index is 1.05. The normalized spacial score (nSPS) is 15.8. The summed E-state index contributed by atoms with van der Waals surface area (Å²) >= 11 is 1.80. The fourth-order valence-corrected chi connectivity index (χ4v) is 5.17. The van der Waals surface area contributed by atoms with Crippen molar-refractivity contribution in [1.29, 1.82) is 0 Å². The molecule has 1 aliphatic rings. The predicted molar refractivity (Wildman–Crippen MR) is 115 cm³/mol. The maximum absolute atomic E-state index is 4.98. The summed E-state index contributed by atoms with van der Waals surface area (Å²) in [4.78, 5) is 11.2. The fraction of sp³-hybridized carbons (Fsp3) is 0.318. The molecular weight excluding hydrogens is 352 g/mol. The third kappa shape index (κ3) is 3.11. The third-order valence-electron chi connectivity index (χ3n) is 5.60. The van der Waals surface area contributed by atoms with Gasteiger partial charge in [0.05, 0.1) is 5.52 Å². The molecule has 0 spiro atoms. The molecule has 0 aliphatic carbocycles. The minimum absolute atomic E-state index is 1.05. The number of fused-ring (bicyclic) bond motifs is 3. The zero-order valence-electron chi connectivity index (χ0n) is 15.6. The first-order valence-electron chi connectivity index (χ1n) is 9.65. The van der Waals surface area contributed by atoms with E-state index in [1.807, 2.05) is 0 Å². The van der Waals surface area contributed by atoms with Crippen LogP contribution in [0.2, 0.25) is 0 Å². The van der Waals surface area contributed by atoms with Crippen LogP contribution in [0.5, 0.6) is 0 Å². The molecule has 5 heteroatoms. The Morgan fingerprint density at radius 1 is 0.926 bits per heavy atom. The summed E-state index contributed by atoms with van der Waals surface area (Å²) in [5.41, 5.74) is 2.70. The first-order chi connectivity index (χ1) is 13.3. The molecule has 1 aliphatic heterocycles. The standard InChI is InChI=1S/C22H24N4S/c1-24-20-18-9-5-6-10-19(18)27-21(20)23-22(24)26-15-13-25(14-16-26)12-11-17-7-3-2-4-8-17/h2-10H,11-16H2,1H3. The highest BCUT2D eigenvalue weighted by Crippen LogP contribution is 2.35. The summed E-state index contributed by atoms with van der Waals surface area (Å²) in [6.45, 7) is 5.44. The fourth-order valence-electron chi connectivity index (χ4n) is 4.07. The van der Waals surface area contributed by atoms with Gasteiger partial charge in [0.2, 0.25) is 5.95 Å². The second-order valence-electron chi connectivity index (χ2n) is 7.29.